The average molecular weight is 468 g/mol. The number of carboxylic acid groups (broad SMARTS) is 1. The Balaban J connectivity index is 0.000000816. The van der Waals surface area contributed by atoms with Gasteiger partial charge in [0, 0.05) is 50.4 Å². The maximum atomic E-state index is 13.1. The number of aromatic carboxylic acids is 1. The first-order valence-electron chi connectivity index (χ1n) is 5.95. The van der Waals surface area contributed by atoms with Crippen LogP contribution < -0.4 is 5.32 Å². The summed E-state index contributed by atoms with van der Waals surface area (Å²) in [5, 5.41) is 18.9. The summed E-state index contributed by atoms with van der Waals surface area (Å²) in [7, 11) is 1.41. The zero-order valence-corrected chi connectivity index (χ0v) is 15.3. The van der Waals surface area contributed by atoms with Crippen molar-refractivity contribution < 1.29 is 18.7 Å². The second kappa shape index (κ2) is 9.73. The van der Waals surface area contributed by atoms with Crippen LogP contribution >= 0.6 is 40.8 Å². The van der Waals surface area contributed by atoms with Crippen LogP contribution in [-0.4, -0.2) is 17.3 Å². The summed E-state index contributed by atoms with van der Waals surface area (Å²) in [5.74, 6) is -3.05. The van der Waals surface area contributed by atoms with Crippen LogP contribution in [0.25, 0.3) is 0 Å². The third-order valence-corrected chi connectivity index (χ3v) is 2.65. The molecule has 0 saturated carbocycles. The normalized spacial score (nSPS) is 9.57. The molecule has 0 amide bonds. The SMILES string of the molecule is N=Cc1cc(C(=O)O)ccc1Nc1ccc(F)c(F)c1.SSI. The summed E-state index contributed by atoms with van der Waals surface area (Å²) >= 11 is 5.76. The third kappa shape index (κ3) is 5.99. The van der Waals surface area contributed by atoms with Gasteiger partial charge in [-0.2, -0.15) is 0 Å². The van der Waals surface area contributed by atoms with Crippen molar-refractivity contribution in [3.8, 4) is 0 Å². The van der Waals surface area contributed by atoms with Crippen LogP contribution in [-0.2, 0) is 0 Å². The van der Waals surface area contributed by atoms with Gasteiger partial charge in [-0.15, -0.1) is 11.7 Å². The molecule has 9 heteroatoms. The molecule has 0 aliphatic rings. The monoisotopic (exact) mass is 468 g/mol. The van der Waals surface area contributed by atoms with Gasteiger partial charge >= 0.3 is 5.97 Å². The highest BCUT2D eigenvalue weighted by Crippen LogP contribution is 2.22. The van der Waals surface area contributed by atoms with Gasteiger partial charge in [0.1, 0.15) is 0 Å². The first-order chi connectivity index (χ1) is 10.9. The fourth-order valence-electron chi connectivity index (χ4n) is 1.66. The van der Waals surface area contributed by atoms with Crippen molar-refractivity contribution in [2.45, 2.75) is 0 Å². The lowest BCUT2D eigenvalue weighted by atomic mass is 10.1. The quantitative estimate of drug-likeness (QED) is 0.212. The summed E-state index contributed by atoms with van der Waals surface area (Å²) in [4.78, 5) is 10.8. The molecule has 2 aromatic carbocycles. The van der Waals surface area contributed by atoms with E-state index in [1.165, 1.54) is 32.2 Å². The molecule has 0 radical (unpaired) electrons. The van der Waals surface area contributed by atoms with Crippen LogP contribution in [0.1, 0.15) is 15.9 Å². The smallest absolute Gasteiger partial charge is 0.335 e. The Morgan fingerprint density at radius 3 is 2.43 bits per heavy atom. The molecule has 0 aliphatic heterocycles. The van der Waals surface area contributed by atoms with Crippen molar-refractivity contribution in [3.05, 3.63) is 59.2 Å². The Kier molecular flexibility index (Phi) is 8.34. The molecule has 4 nitrogen and oxygen atoms in total. The number of hydrogen-bond acceptors (Lipinski definition) is 5. The van der Waals surface area contributed by atoms with Crippen molar-refractivity contribution in [1.82, 2.24) is 0 Å². The summed E-state index contributed by atoms with van der Waals surface area (Å²) in [5.41, 5.74) is 1.10. The summed E-state index contributed by atoms with van der Waals surface area (Å²) in [6.07, 6.45) is 0.981. The van der Waals surface area contributed by atoms with Gasteiger partial charge in [-0.05, 0) is 38.3 Å². The number of carboxylic acids is 1. The van der Waals surface area contributed by atoms with Crippen LogP contribution in [0.2, 0.25) is 0 Å². The van der Waals surface area contributed by atoms with Crippen LogP contribution in [0, 0.1) is 17.0 Å². The van der Waals surface area contributed by atoms with E-state index in [2.05, 4.69) is 38.2 Å². The zero-order chi connectivity index (χ0) is 17.4. The summed E-state index contributed by atoms with van der Waals surface area (Å²) < 4.78 is 25.9. The van der Waals surface area contributed by atoms with Crippen LogP contribution in [0.5, 0.6) is 0 Å². The molecule has 23 heavy (non-hydrogen) atoms. The number of nitrogens with one attached hydrogen (secondary N) is 2. The van der Waals surface area contributed by atoms with Crippen molar-refractivity contribution in [3.63, 3.8) is 0 Å². The summed E-state index contributed by atoms with van der Waals surface area (Å²) in [6.45, 7) is 0. The third-order valence-electron chi connectivity index (χ3n) is 2.65. The predicted molar refractivity (Wildman–Crippen MR) is 102 cm³/mol. The number of thiol groups is 1. The molecule has 3 N–H and O–H groups in total. The minimum atomic E-state index is -1.10. The molecule has 122 valence electrons. The van der Waals surface area contributed by atoms with E-state index < -0.39 is 17.6 Å². The molecule has 0 saturated heterocycles. The number of benzene rings is 2. The lowest BCUT2D eigenvalue weighted by Gasteiger charge is -2.10. The van der Waals surface area contributed by atoms with Crippen molar-refractivity contribution in [1.29, 1.82) is 5.41 Å². The zero-order valence-electron chi connectivity index (χ0n) is 11.4. The maximum Gasteiger partial charge on any atom is 0.335 e. The largest absolute Gasteiger partial charge is 0.478 e. The molecule has 2 aromatic rings. The van der Waals surface area contributed by atoms with Gasteiger partial charge in [-0.3, -0.25) is 0 Å². The van der Waals surface area contributed by atoms with Crippen LogP contribution in [0.3, 0.4) is 0 Å². The lowest BCUT2D eigenvalue weighted by Crippen LogP contribution is -2.01. The molecule has 0 aromatic heterocycles. The molecule has 0 spiro atoms. The van der Waals surface area contributed by atoms with E-state index in [9.17, 15) is 13.6 Å². The number of anilines is 2. The average Bonchev–Trinajstić information content (AvgIpc) is 2.52. The van der Waals surface area contributed by atoms with Gasteiger partial charge in [-0.1, -0.05) is 0 Å². The summed E-state index contributed by atoms with van der Waals surface area (Å²) in [6, 6.07) is 7.44. The number of halogens is 3. The van der Waals surface area contributed by atoms with E-state index >= 15 is 0 Å². The van der Waals surface area contributed by atoms with E-state index in [0.717, 1.165) is 18.3 Å². The molecule has 2 rings (SSSR count). The van der Waals surface area contributed by atoms with Crippen LogP contribution in [0.4, 0.5) is 20.2 Å². The van der Waals surface area contributed by atoms with Gasteiger partial charge in [0.15, 0.2) is 11.6 Å². The van der Waals surface area contributed by atoms with E-state index in [-0.39, 0.29) is 5.56 Å². The van der Waals surface area contributed by atoms with Gasteiger partial charge in [0.2, 0.25) is 0 Å². The van der Waals surface area contributed by atoms with Gasteiger partial charge in [-0.25, -0.2) is 13.6 Å². The first kappa shape index (κ1) is 19.7. The highest BCUT2D eigenvalue weighted by Gasteiger charge is 2.08. The Labute approximate surface area is 152 Å². The fourth-order valence-corrected chi connectivity index (χ4v) is 1.66. The minimum Gasteiger partial charge on any atom is -0.478 e. The molecule has 0 aliphatic carbocycles. The number of rotatable bonds is 4. The fraction of sp³-hybridized carbons (Fsp3) is 0. The maximum absolute atomic E-state index is 13.1. The van der Waals surface area contributed by atoms with E-state index in [1.807, 2.05) is 0 Å². The van der Waals surface area contributed by atoms with E-state index in [4.69, 9.17) is 10.5 Å². The Morgan fingerprint density at radius 1 is 1.26 bits per heavy atom. The molecule has 0 fully saturated rings. The van der Waals surface area contributed by atoms with Gasteiger partial charge in [0.25, 0.3) is 0 Å². The Hall–Kier alpha value is -1.33. The molecule has 0 heterocycles. The Bertz CT molecular complexity index is 717. The highest BCUT2D eigenvalue weighted by atomic mass is 127. The predicted octanol–water partition coefficient (Wildman–Crippen LogP) is 5.32. The molecule has 0 unspecified atom stereocenters. The minimum absolute atomic E-state index is 0.0411. The standard InChI is InChI=1S/C14H10F2N2O2.HIS2/c15-11-3-2-10(6-12(11)16)18-13-4-1-8(14(19)20)5-9(13)7-17;1-3-2/h1-7,17-18H,(H,19,20);2H. The van der Waals surface area contributed by atoms with Gasteiger partial charge < -0.3 is 15.8 Å². The number of hydrogen-bond donors (Lipinski definition) is 4. The lowest BCUT2D eigenvalue weighted by molar-refractivity contribution is 0.0697. The molecule has 0 atom stereocenters. The molecular formula is C14H11F2IN2O2S2. The highest BCUT2D eigenvalue weighted by molar-refractivity contribution is 14.2. The Morgan fingerprint density at radius 2 is 1.91 bits per heavy atom. The van der Waals surface area contributed by atoms with Crippen molar-refractivity contribution in [2.75, 3.05) is 5.32 Å². The van der Waals surface area contributed by atoms with Gasteiger partial charge in [0.05, 0.1) is 5.56 Å². The molecule has 0 bridgehead atoms. The molecular weight excluding hydrogens is 457 g/mol. The second-order valence-electron chi connectivity index (χ2n) is 4.07. The topological polar surface area (TPSA) is 73.2 Å². The van der Waals surface area contributed by atoms with Crippen molar-refractivity contribution >= 4 is 64.4 Å². The van der Waals surface area contributed by atoms with E-state index in [0.29, 0.717) is 16.9 Å². The van der Waals surface area contributed by atoms with Crippen molar-refractivity contribution in [2.24, 2.45) is 0 Å². The first-order valence-corrected chi connectivity index (χ1v) is 10.4. The van der Waals surface area contributed by atoms with E-state index in [1.54, 1.807) is 0 Å². The number of carbonyl (C=O) groups is 1. The second-order valence-corrected chi connectivity index (χ2v) is 8.17. The van der Waals surface area contributed by atoms with Crippen LogP contribution in [0.15, 0.2) is 36.4 Å².